The number of benzene rings is 1. The largest absolute Gasteiger partial charge is 0.482 e. The smallest absolute Gasteiger partial charge is 0.422 e. The Balaban J connectivity index is 2.23. The van der Waals surface area contributed by atoms with Crippen LogP contribution in [-0.4, -0.2) is 38.6 Å². The van der Waals surface area contributed by atoms with E-state index in [1.54, 1.807) is 19.2 Å². The van der Waals surface area contributed by atoms with Gasteiger partial charge < -0.3 is 9.64 Å². The third kappa shape index (κ3) is 3.43. The van der Waals surface area contributed by atoms with Gasteiger partial charge in [-0.2, -0.15) is 13.2 Å². The highest BCUT2D eigenvalue weighted by Gasteiger charge is 2.30. The Bertz CT molecular complexity index is 512. The monoisotopic (exact) mass is 286 g/mol. The molecule has 2 rings (SSSR count). The van der Waals surface area contributed by atoms with Gasteiger partial charge in [0.05, 0.1) is 12.2 Å². The molecule has 1 aliphatic rings. The van der Waals surface area contributed by atoms with Crippen molar-refractivity contribution in [2.24, 2.45) is 4.99 Å². The van der Waals surface area contributed by atoms with E-state index < -0.39 is 12.8 Å². The predicted molar refractivity (Wildman–Crippen MR) is 72.9 cm³/mol. The first-order valence-electron chi connectivity index (χ1n) is 6.39. The molecule has 6 heteroatoms. The van der Waals surface area contributed by atoms with Crippen molar-refractivity contribution in [2.45, 2.75) is 19.5 Å². The molecule has 1 aliphatic heterocycles. The second-order valence-electron chi connectivity index (χ2n) is 4.79. The van der Waals surface area contributed by atoms with Gasteiger partial charge in [-0.25, -0.2) is 0 Å². The van der Waals surface area contributed by atoms with Gasteiger partial charge in [-0.05, 0) is 18.6 Å². The van der Waals surface area contributed by atoms with Crippen LogP contribution in [0.4, 0.5) is 18.9 Å². The lowest BCUT2D eigenvalue weighted by Crippen LogP contribution is -2.24. The highest BCUT2D eigenvalue weighted by Crippen LogP contribution is 2.34. The standard InChI is InChI=1S/C14H17F3N2O/c1-10-4-3-5-12(20-9-14(15,16)17)13(10)19-7-6-11(8-19)18-2/h3-5H,6-9H2,1-2H3. The van der Waals surface area contributed by atoms with Gasteiger partial charge in [-0.3, -0.25) is 4.99 Å². The topological polar surface area (TPSA) is 24.8 Å². The van der Waals surface area contributed by atoms with Crippen molar-refractivity contribution in [3.05, 3.63) is 23.8 Å². The molecule has 1 saturated heterocycles. The lowest BCUT2D eigenvalue weighted by molar-refractivity contribution is -0.153. The molecular weight excluding hydrogens is 269 g/mol. The second-order valence-corrected chi connectivity index (χ2v) is 4.79. The van der Waals surface area contributed by atoms with Gasteiger partial charge in [0.1, 0.15) is 5.75 Å². The van der Waals surface area contributed by atoms with Crippen molar-refractivity contribution >= 4 is 11.4 Å². The third-order valence-electron chi connectivity index (χ3n) is 3.27. The molecule has 0 aromatic heterocycles. The lowest BCUT2D eigenvalue weighted by Gasteiger charge is -2.23. The number of rotatable bonds is 3. The number of hydrogen-bond donors (Lipinski definition) is 0. The van der Waals surface area contributed by atoms with Gasteiger partial charge in [0.2, 0.25) is 0 Å². The molecule has 20 heavy (non-hydrogen) atoms. The van der Waals surface area contributed by atoms with Crippen molar-refractivity contribution < 1.29 is 17.9 Å². The Hall–Kier alpha value is -1.72. The highest BCUT2D eigenvalue weighted by molar-refractivity contribution is 5.92. The summed E-state index contributed by atoms with van der Waals surface area (Å²) in [7, 11) is 1.73. The van der Waals surface area contributed by atoms with E-state index in [0.717, 1.165) is 29.9 Å². The van der Waals surface area contributed by atoms with Crippen molar-refractivity contribution in [1.29, 1.82) is 0 Å². The number of aliphatic imine (C=N–C) groups is 1. The van der Waals surface area contributed by atoms with Crippen LogP contribution in [0.25, 0.3) is 0 Å². The number of ether oxygens (including phenoxy) is 1. The fraction of sp³-hybridized carbons (Fsp3) is 0.500. The minimum atomic E-state index is -4.33. The molecule has 0 saturated carbocycles. The summed E-state index contributed by atoms with van der Waals surface area (Å²) >= 11 is 0. The molecule has 1 aromatic carbocycles. The zero-order valence-corrected chi connectivity index (χ0v) is 11.5. The molecule has 0 N–H and O–H groups in total. The van der Waals surface area contributed by atoms with Crippen LogP contribution >= 0.6 is 0 Å². The first-order chi connectivity index (χ1) is 9.40. The van der Waals surface area contributed by atoms with Crippen LogP contribution in [0, 0.1) is 6.92 Å². The quantitative estimate of drug-likeness (QED) is 0.852. The van der Waals surface area contributed by atoms with Crippen LogP contribution in [0.2, 0.25) is 0 Å². The Labute approximate surface area is 116 Å². The van der Waals surface area contributed by atoms with E-state index in [1.165, 1.54) is 0 Å². The number of anilines is 1. The number of hydrogen-bond acceptors (Lipinski definition) is 3. The Morgan fingerprint density at radius 3 is 2.70 bits per heavy atom. The van der Waals surface area contributed by atoms with E-state index in [-0.39, 0.29) is 5.75 Å². The molecule has 0 radical (unpaired) electrons. The minimum Gasteiger partial charge on any atom is -0.482 e. The number of halogens is 3. The van der Waals surface area contributed by atoms with E-state index in [4.69, 9.17) is 4.74 Å². The molecule has 0 aliphatic carbocycles. The first kappa shape index (κ1) is 14.7. The average molecular weight is 286 g/mol. The Kier molecular flexibility index (Phi) is 4.20. The SMILES string of the molecule is CN=C1CCN(c2c(C)cccc2OCC(F)(F)F)C1. The van der Waals surface area contributed by atoms with Crippen molar-refractivity contribution in [3.8, 4) is 5.75 Å². The van der Waals surface area contributed by atoms with Crippen molar-refractivity contribution in [2.75, 3.05) is 31.6 Å². The maximum absolute atomic E-state index is 12.3. The van der Waals surface area contributed by atoms with Crippen LogP contribution in [0.15, 0.2) is 23.2 Å². The number of nitrogens with zero attached hydrogens (tertiary/aromatic N) is 2. The minimum absolute atomic E-state index is 0.277. The van der Waals surface area contributed by atoms with E-state index >= 15 is 0 Å². The summed E-state index contributed by atoms with van der Waals surface area (Å²) in [5, 5.41) is 0. The molecule has 0 spiro atoms. The van der Waals surface area contributed by atoms with Crippen LogP contribution in [0.3, 0.4) is 0 Å². The average Bonchev–Trinajstić information content (AvgIpc) is 2.84. The molecule has 1 heterocycles. The van der Waals surface area contributed by atoms with Gasteiger partial charge in [-0.1, -0.05) is 12.1 Å². The van der Waals surface area contributed by atoms with Gasteiger partial charge in [-0.15, -0.1) is 0 Å². The van der Waals surface area contributed by atoms with E-state index in [1.807, 2.05) is 17.9 Å². The molecule has 3 nitrogen and oxygen atoms in total. The summed E-state index contributed by atoms with van der Waals surface area (Å²) in [6.07, 6.45) is -3.49. The molecule has 0 bridgehead atoms. The normalized spacial score (nSPS) is 17.9. The van der Waals surface area contributed by atoms with Gasteiger partial charge in [0.25, 0.3) is 0 Å². The summed E-state index contributed by atoms with van der Waals surface area (Å²) in [6.45, 7) is 1.99. The van der Waals surface area contributed by atoms with Crippen LogP contribution < -0.4 is 9.64 Å². The highest BCUT2D eigenvalue weighted by atomic mass is 19.4. The zero-order chi connectivity index (χ0) is 14.8. The maximum atomic E-state index is 12.3. The molecule has 0 atom stereocenters. The molecule has 110 valence electrons. The number of alkyl halides is 3. The number of para-hydroxylation sites is 1. The number of aryl methyl sites for hydroxylation is 1. The second kappa shape index (κ2) is 5.73. The lowest BCUT2D eigenvalue weighted by atomic mass is 10.1. The van der Waals surface area contributed by atoms with Crippen LogP contribution in [0.5, 0.6) is 5.75 Å². The van der Waals surface area contributed by atoms with Crippen molar-refractivity contribution in [3.63, 3.8) is 0 Å². The molecule has 1 fully saturated rings. The summed E-state index contributed by atoms with van der Waals surface area (Å²) in [5.41, 5.74) is 2.69. The summed E-state index contributed by atoms with van der Waals surface area (Å²) in [4.78, 5) is 6.18. The molecule has 0 amide bonds. The predicted octanol–water partition coefficient (Wildman–Crippen LogP) is 3.22. The third-order valence-corrected chi connectivity index (χ3v) is 3.27. The van der Waals surface area contributed by atoms with Crippen LogP contribution in [0.1, 0.15) is 12.0 Å². The summed E-state index contributed by atoms with van der Waals surface area (Å²) < 4.78 is 41.9. The Morgan fingerprint density at radius 1 is 1.35 bits per heavy atom. The zero-order valence-electron chi connectivity index (χ0n) is 11.5. The fourth-order valence-corrected chi connectivity index (χ4v) is 2.33. The van der Waals surface area contributed by atoms with E-state index in [2.05, 4.69) is 4.99 Å². The van der Waals surface area contributed by atoms with Gasteiger partial charge in [0.15, 0.2) is 6.61 Å². The summed E-state index contributed by atoms with van der Waals surface area (Å²) in [6, 6.07) is 5.15. The summed E-state index contributed by atoms with van der Waals surface area (Å²) in [5.74, 6) is 0.277. The van der Waals surface area contributed by atoms with Crippen molar-refractivity contribution in [1.82, 2.24) is 0 Å². The van der Waals surface area contributed by atoms with Gasteiger partial charge >= 0.3 is 6.18 Å². The first-order valence-corrected chi connectivity index (χ1v) is 6.39. The fourth-order valence-electron chi connectivity index (χ4n) is 2.33. The molecule has 0 unspecified atom stereocenters. The maximum Gasteiger partial charge on any atom is 0.422 e. The molecule has 1 aromatic rings. The molecular formula is C14H17F3N2O. The van der Waals surface area contributed by atoms with Gasteiger partial charge in [0, 0.05) is 25.7 Å². The Morgan fingerprint density at radius 2 is 2.10 bits per heavy atom. The van der Waals surface area contributed by atoms with E-state index in [9.17, 15) is 13.2 Å². The van der Waals surface area contributed by atoms with E-state index in [0.29, 0.717) is 6.54 Å². The van der Waals surface area contributed by atoms with Crippen LogP contribution in [-0.2, 0) is 0 Å².